The van der Waals surface area contributed by atoms with Gasteiger partial charge >= 0.3 is 0 Å². The summed E-state index contributed by atoms with van der Waals surface area (Å²) in [5.74, 6) is -0.715. The summed E-state index contributed by atoms with van der Waals surface area (Å²) in [6, 6.07) is 3.57. The lowest BCUT2D eigenvalue weighted by Crippen LogP contribution is -2.42. The Morgan fingerprint density at radius 2 is 2.07 bits per heavy atom. The molecule has 0 aliphatic carbocycles. The number of nitrogens with zero attached hydrogens (tertiary/aromatic N) is 3. The summed E-state index contributed by atoms with van der Waals surface area (Å²) in [5.41, 5.74) is 3.24. The summed E-state index contributed by atoms with van der Waals surface area (Å²) in [5, 5.41) is 8.63. The van der Waals surface area contributed by atoms with E-state index in [0.29, 0.717) is 11.6 Å². The van der Waals surface area contributed by atoms with E-state index in [1.165, 1.54) is 16.3 Å². The molecule has 0 bridgehead atoms. The molecule has 0 radical (unpaired) electrons. The average Bonchev–Trinajstić information content (AvgIpc) is 3.17. The van der Waals surface area contributed by atoms with Gasteiger partial charge in [-0.2, -0.15) is 5.10 Å². The van der Waals surface area contributed by atoms with Crippen LogP contribution in [0.1, 0.15) is 30.4 Å². The zero-order valence-electron chi connectivity index (χ0n) is 15.6. The molecule has 3 heterocycles. The second-order valence-corrected chi connectivity index (χ2v) is 10.5. The van der Waals surface area contributed by atoms with E-state index >= 15 is 0 Å². The van der Waals surface area contributed by atoms with Crippen molar-refractivity contribution in [3.8, 4) is 0 Å². The molecule has 2 amide bonds. The summed E-state index contributed by atoms with van der Waals surface area (Å²) in [7, 11) is -3.15. The minimum Gasteiger partial charge on any atom is -0.297 e. The predicted molar refractivity (Wildman–Crippen MR) is 108 cm³/mol. The van der Waals surface area contributed by atoms with Gasteiger partial charge in [-0.15, -0.1) is 0 Å². The second-order valence-electron chi connectivity index (χ2n) is 7.24. The highest BCUT2D eigenvalue weighted by molar-refractivity contribution is 7.91. The Morgan fingerprint density at radius 3 is 2.79 bits per heavy atom. The molecule has 2 aliphatic heterocycles. The molecule has 0 unspecified atom stereocenters. The van der Waals surface area contributed by atoms with Gasteiger partial charge in [-0.05, 0) is 37.5 Å². The van der Waals surface area contributed by atoms with Crippen molar-refractivity contribution < 1.29 is 18.0 Å². The van der Waals surface area contributed by atoms with Crippen molar-refractivity contribution in [3.63, 3.8) is 0 Å². The van der Waals surface area contributed by atoms with Crippen molar-refractivity contribution in [1.82, 2.24) is 9.99 Å². The SMILES string of the molecule is Cc1cc(C)c2nc(NC(=O)C3=NN([C@@H]4CCS(=O)(=O)C4)C(=O)CC3)sc2c1. The van der Waals surface area contributed by atoms with Gasteiger partial charge < -0.3 is 0 Å². The molecule has 1 fully saturated rings. The average molecular weight is 421 g/mol. The molecule has 1 aromatic heterocycles. The van der Waals surface area contributed by atoms with Gasteiger partial charge in [-0.3, -0.25) is 14.9 Å². The number of hydrogen-bond acceptors (Lipinski definition) is 7. The number of amides is 2. The summed E-state index contributed by atoms with van der Waals surface area (Å²) < 4.78 is 24.4. The molecule has 1 saturated heterocycles. The van der Waals surface area contributed by atoms with E-state index in [1.807, 2.05) is 26.0 Å². The number of thiazole rings is 1. The molecule has 4 rings (SSSR count). The van der Waals surface area contributed by atoms with Gasteiger partial charge in [0.15, 0.2) is 15.0 Å². The summed E-state index contributed by atoms with van der Waals surface area (Å²) >= 11 is 1.39. The van der Waals surface area contributed by atoms with Crippen molar-refractivity contribution in [2.45, 2.75) is 39.2 Å². The smallest absolute Gasteiger partial charge is 0.273 e. The number of carbonyl (C=O) groups excluding carboxylic acids is 2. The lowest BCUT2D eigenvalue weighted by molar-refractivity contribution is -0.133. The summed E-state index contributed by atoms with van der Waals surface area (Å²) in [6.45, 7) is 3.99. The molecule has 2 aliphatic rings. The first-order valence-corrected chi connectivity index (χ1v) is 11.6. The van der Waals surface area contributed by atoms with E-state index in [0.717, 1.165) is 21.3 Å². The van der Waals surface area contributed by atoms with Gasteiger partial charge in [-0.25, -0.2) is 18.4 Å². The van der Waals surface area contributed by atoms with E-state index in [9.17, 15) is 18.0 Å². The quantitative estimate of drug-likeness (QED) is 0.817. The number of aryl methyl sites for hydroxylation is 2. The summed E-state index contributed by atoms with van der Waals surface area (Å²) in [6.07, 6.45) is 0.716. The van der Waals surface area contributed by atoms with Crippen molar-refractivity contribution in [2.75, 3.05) is 16.8 Å². The second kappa shape index (κ2) is 6.93. The zero-order chi connectivity index (χ0) is 20.1. The lowest BCUT2D eigenvalue weighted by Gasteiger charge is -2.27. The number of hydrogen-bond donors (Lipinski definition) is 1. The first kappa shape index (κ1) is 19.0. The fourth-order valence-electron chi connectivity index (χ4n) is 3.58. The minimum atomic E-state index is -3.15. The van der Waals surface area contributed by atoms with Crippen molar-refractivity contribution in [2.24, 2.45) is 5.10 Å². The Hall–Kier alpha value is -2.33. The van der Waals surface area contributed by atoms with E-state index in [1.54, 1.807) is 0 Å². The standard InChI is InChI=1S/C18H20N4O4S2/c1-10-7-11(2)16-14(8-10)27-18(19-16)20-17(24)13-3-4-15(23)22(21-13)12-5-6-28(25,26)9-12/h7-8,12H,3-6,9H2,1-2H3,(H,19,20,24)/t12-/m1/s1. The Morgan fingerprint density at radius 1 is 1.29 bits per heavy atom. The minimum absolute atomic E-state index is 0.0446. The Labute approximate surface area is 166 Å². The number of hydrazone groups is 1. The van der Waals surface area contributed by atoms with Crippen LogP contribution in [0.25, 0.3) is 10.2 Å². The lowest BCUT2D eigenvalue weighted by atomic mass is 10.1. The highest BCUT2D eigenvalue weighted by Crippen LogP contribution is 2.29. The Kier molecular flexibility index (Phi) is 4.70. The maximum Gasteiger partial charge on any atom is 0.273 e. The van der Waals surface area contributed by atoms with E-state index < -0.39 is 21.8 Å². The van der Waals surface area contributed by atoms with Crippen LogP contribution in [0.3, 0.4) is 0 Å². The molecule has 1 aromatic carbocycles. The largest absolute Gasteiger partial charge is 0.297 e. The number of benzene rings is 1. The topological polar surface area (TPSA) is 109 Å². The molecule has 28 heavy (non-hydrogen) atoms. The van der Waals surface area contributed by atoms with Gasteiger partial charge in [0.1, 0.15) is 5.71 Å². The molecule has 0 spiro atoms. The maximum atomic E-state index is 12.7. The van der Waals surface area contributed by atoms with Gasteiger partial charge in [0, 0.05) is 12.8 Å². The number of anilines is 1. The predicted octanol–water partition coefficient (Wildman–Crippen LogP) is 2.02. The van der Waals surface area contributed by atoms with Gasteiger partial charge in [-0.1, -0.05) is 17.4 Å². The fourth-order valence-corrected chi connectivity index (χ4v) is 6.31. The fraction of sp³-hybridized carbons (Fsp3) is 0.444. The van der Waals surface area contributed by atoms with Crippen LogP contribution in [0.15, 0.2) is 17.2 Å². The number of nitrogens with one attached hydrogen (secondary N) is 1. The van der Waals surface area contributed by atoms with Crippen LogP contribution in [0.4, 0.5) is 5.13 Å². The molecule has 10 heteroatoms. The first-order valence-electron chi connectivity index (χ1n) is 9.01. The highest BCUT2D eigenvalue weighted by atomic mass is 32.2. The molecule has 1 N–H and O–H groups in total. The van der Waals surface area contributed by atoms with E-state index in [4.69, 9.17) is 0 Å². The third kappa shape index (κ3) is 3.66. The van der Waals surface area contributed by atoms with E-state index in [-0.39, 0.29) is 36.0 Å². The highest BCUT2D eigenvalue weighted by Gasteiger charge is 2.37. The third-order valence-electron chi connectivity index (χ3n) is 4.93. The molecule has 0 saturated carbocycles. The monoisotopic (exact) mass is 420 g/mol. The van der Waals surface area contributed by atoms with Crippen LogP contribution in [0, 0.1) is 13.8 Å². The van der Waals surface area contributed by atoms with Crippen LogP contribution < -0.4 is 5.32 Å². The van der Waals surface area contributed by atoms with Crippen molar-refractivity contribution in [3.05, 3.63) is 23.3 Å². The van der Waals surface area contributed by atoms with Crippen LogP contribution >= 0.6 is 11.3 Å². The van der Waals surface area contributed by atoms with Gasteiger partial charge in [0.2, 0.25) is 5.91 Å². The molecule has 2 aromatic rings. The molecule has 148 valence electrons. The van der Waals surface area contributed by atoms with Crippen LogP contribution in [0.5, 0.6) is 0 Å². The van der Waals surface area contributed by atoms with Crippen LogP contribution in [-0.4, -0.2) is 53.5 Å². The number of rotatable bonds is 3. The van der Waals surface area contributed by atoms with E-state index in [2.05, 4.69) is 15.4 Å². The first-order chi connectivity index (χ1) is 13.2. The zero-order valence-corrected chi connectivity index (χ0v) is 17.2. The van der Waals surface area contributed by atoms with Gasteiger partial charge in [0.05, 0.1) is 27.8 Å². The maximum absolute atomic E-state index is 12.7. The van der Waals surface area contributed by atoms with Crippen LogP contribution in [-0.2, 0) is 19.4 Å². The number of carbonyl (C=O) groups is 2. The number of sulfone groups is 1. The molecule has 1 atom stereocenters. The number of fused-ring (bicyclic) bond motifs is 1. The normalized spacial score (nSPS) is 21.8. The number of aromatic nitrogens is 1. The molecule has 8 nitrogen and oxygen atoms in total. The molecular formula is C18H20N4O4S2. The Bertz CT molecular complexity index is 1120. The third-order valence-corrected chi connectivity index (χ3v) is 7.59. The van der Waals surface area contributed by atoms with Crippen LogP contribution in [0.2, 0.25) is 0 Å². The van der Waals surface area contributed by atoms with Gasteiger partial charge in [0.25, 0.3) is 5.91 Å². The Balaban J connectivity index is 1.55. The van der Waals surface area contributed by atoms with Crippen molar-refractivity contribution >= 4 is 54.0 Å². The molecular weight excluding hydrogens is 400 g/mol. The summed E-state index contributed by atoms with van der Waals surface area (Å²) in [4.78, 5) is 29.3. The van der Waals surface area contributed by atoms with Crippen molar-refractivity contribution in [1.29, 1.82) is 0 Å².